The summed E-state index contributed by atoms with van der Waals surface area (Å²) in [5, 5.41) is 1.15. The lowest BCUT2D eigenvalue weighted by atomic mass is 10.2. The molecule has 2 aliphatic heterocycles. The van der Waals surface area contributed by atoms with Crippen LogP contribution in [0.2, 0.25) is 4.34 Å². The molecule has 5 heteroatoms. The molecule has 3 nitrogen and oxygen atoms in total. The van der Waals surface area contributed by atoms with Gasteiger partial charge >= 0.3 is 0 Å². The summed E-state index contributed by atoms with van der Waals surface area (Å²) >= 11 is 7.49. The highest BCUT2D eigenvalue weighted by Crippen LogP contribution is 2.25. The molecular formula is C10H14ClN3S. The maximum absolute atomic E-state index is 5.89. The summed E-state index contributed by atoms with van der Waals surface area (Å²) in [7, 11) is 0. The van der Waals surface area contributed by atoms with Gasteiger partial charge in [0.05, 0.1) is 12.7 Å². The molecule has 82 valence electrons. The zero-order chi connectivity index (χ0) is 10.3. The van der Waals surface area contributed by atoms with Gasteiger partial charge in [-0.1, -0.05) is 11.6 Å². The van der Waals surface area contributed by atoms with E-state index in [1.165, 1.54) is 32.6 Å². The number of rotatable bonds is 2. The maximum atomic E-state index is 5.89. The molecule has 0 saturated carbocycles. The lowest BCUT2D eigenvalue weighted by molar-refractivity contribution is 0.128. The number of aromatic nitrogens is 1. The van der Waals surface area contributed by atoms with Crippen molar-refractivity contribution in [1.82, 2.24) is 14.8 Å². The van der Waals surface area contributed by atoms with E-state index in [0.717, 1.165) is 21.9 Å². The van der Waals surface area contributed by atoms with E-state index in [9.17, 15) is 0 Å². The fourth-order valence-corrected chi connectivity index (χ4v) is 3.49. The molecule has 1 aromatic heterocycles. The summed E-state index contributed by atoms with van der Waals surface area (Å²) in [6.07, 6.45) is 3.07. The Kier molecular flexibility index (Phi) is 2.68. The van der Waals surface area contributed by atoms with Crippen molar-refractivity contribution in [2.75, 3.05) is 26.2 Å². The van der Waals surface area contributed by atoms with Gasteiger partial charge in [0.2, 0.25) is 0 Å². The topological polar surface area (TPSA) is 19.4 Å². The van der Waals surface area contributed by atoms with E-state index in [0.29, 0.717) is 0 Å². The first kappa shape index (κ1) is 10.0. The molecule has 1 aromatic rings. The van der Waals surface area contributed by atoms with Crippen LogP contribution in [0.15, 0.2) is 6.20 Å². The Bertz CT molecular complexity index is 354. The van der Waals surface area contributed by atoms with Crippen molar-refractivity contribution >= 4 is 22.9 Å². The summed E-state index contributed by atoms with van der Waals surface area (Å²) in [5.74, 6) is 0. The Labute approximate surface area is 98.7 Å². The van der Waals surface area contributed by atoms with Crippen LogP contribution in [0.4, 0.5) is 0 Å². The highest BCUT2D eigenvalue weighted by molar-refractivity contribution is 7.15. The van der Waals surface area contributed by atoms with E-state index in [1.807, 2.05) is 0 Å². The summed E-state index contributed by atoms with van der Waals surface area (Å²) in [6.45, 7) is 5.91. The predicted molar refractivity (Wildman–Crippen MR) is 62.4 cm³/mol. The third-order valence-electron chi connectivity index (χ3n) is 3.33. The van der Waals surface area contributed by atoms with E-state index in [4.69, 9.17) is 11.6 Å². The van der Waals surface area contributed by atoms with Crippen molar-refractivity contribution in [3.63, 3.8) is 0 Å². The number of thiazole rings is 1. The Morgan fingerprint density at radius 3 is 3.20 bits per heavy atom. The quantitative estimate of drug-likeness (QED) is 0.788. The Morgan fingerprint density at radius 1 is 1.47 bits per heavy atom. The standard InChI is InChI=1S/C10H14ClN3S/c11-9-5-12-10(15-9)7-14-4-3-13-2-1-8(14)6-13/h5,8H,1-4,6-7H2. The van der Waals surface area contributed by atoms with E-state index >= 15 is 0 Å². The Morgan fingerprint density at radius 2 is 2.40 bits per heavy atom. The van der Waals surface area contributed by atoms with Crippen molar-refractivity contribution in [3.8, 4) is 0 Å². The molecule has 0 radical (unpaired) electrons. The molecule has 2 atom stereocenters. The van der Waals surface area contributed by atoms with Gasteiger partial charge in [0, 0.05) is 25.7 Å². The second kappa shape index (κ2) is 4.01. The molecule has 0 spiro atoms. The molecule has 2 saturated heterocycles. The number of nitrogens with zero attached hydrogens (tertiary/aromatic N) is 3. The molecule has 2 bridgehead atoms. The van der Waals surface area contributed by atoms with E-state index < -0.39 is 0 Å². The smallest absolute Gasteiger partial charge is 0.113 e. The van der Waals surface area contributed by atoms with Crippen LogP contribution >= 0.6 is 22.9 Å². The van der Waals surface area contributed by atoms with Gasteiger partial charge in [-0.2, -0.15) is 0 Å². The number of fused-ring (bicyclic) bond motifs is 2. The van der Waals surface area contributed by atoms with Crippen LogP contribution in [-0.4, -0.2) is 47.0 Å². The average molecular weight is 244 g/mol. The van der Waals surface area contributed by atoms with Crippen LogP contribution in [0.25, 0.3) is 0 Å². The minimum Gasteiger partial charge on any atom is -0.300 e. The largest absolute Gasteiger partial charge is 0.300 e. The summed E-state index contributed by atoms with van der Waals surface area (Å²) in [5.41, 5.74) is 0. The highest BCUT2D eigenvalue weighted by Gasteiger charge is 2.32. The molecule has 0 amide bonds. The Hall–Kier alpha value is -0.160. The van der Waals surface area contributed by atoms with Crippen LogP contribution in [0.3, 0.4) is 0 Å². The predicted octanol–water partition coefficient (Wildman–Crippen LogP) is 1.69. The number of hydrogen-bond acceptors (Lipinski definition) is 4. The SMILES string of the molecule is Clc1cnc(CN2CCN3CCC2C3)s1. The van der Waals surface area contributed by atoms with Gasteiger partial charge in [0.25, 0.3) is 0 Å². The van der Waals surface area contributed by atoms with Gasteiger partial charge in [-0.05, 0) is 13.0 Å². The molecular weight excluding hydrogens is 230 g/mol. The monoisotopic (exact) mass is 243 g/mol. The van der Waals surface area contributed by atoms with Crippen LogP contribution in [-0.2, 0) is 6.54 Å². The van der Waals surface area contributed by atoms with Gasteiger partial charge in [-0.15, -0.1) is 11.3 Å². The molecule has 0 aromatic carbocycles. The molecule has 15 heavy (non-hydrogen) atoms. The van der Waals surface area contributed by atoms with E-state index in [-0.39, 0.29) is 0 Å². The van der Waals surface area contributed by atoms with Crippen molar-refractivity contribution in [3.05, 3.63) is 15.5 Å². The summed E-state index contributed by atoms with van der Waals surface area (Å²) in [6, 6.07) is 0.751. The van der Waals surface area contributed by atoms with Gasteiger partial charge in [-0.25, -0.2) is 4.98 Å². The minimum atomic E-state index is 0.751. The number of halogens is 1. The van der Waals surface area contributed by atoms with Gasteiger partial charge in [0.15, 0.2) is 0 Å². The van der Waals surface area contributed by atoms with Crippen molar-refractivity contribution in [1.29, 1.82) is 0 Å². The highest BCUT2D eigenvalue weighted by atomic mass is 35.5. The summed E-state index contributed by atoms with van der Waals surface area (Å²) in [4.78, 5) is 9.43. The number of piperazine rings is 1. The minimum absolute atomic E-state index is 0.751. The van der Waals surface area contributed by atoms with E-state index in [1.54, 1.807) is 17.5 Å². The lowest BCUT2D eigenvalue weighted by Crippen LogP contribution is -2.46. The molecule has 2 unspecified atom stereocenters. The molecule has 2 fully saturated rings. The first-order valence-electron chi connectivity index (χ1n) is 5.38. The number of hydrogen-bond donors (Lipinski definition) is 0. The van der Waals surface area contributed by atoms with Gasteiger partial charge < -0.3 is 4.90 Å². The molecule has 0 aliphatic carbocycles. The van der Waals surface area contributed by atoms with Crippen molar-refractivity contribution < 1.29 is 0 Å². The fraction of sp³-hybridized carbons (Fsp3) is 0.700. The zero-order valence-electron chi connectivity index (χ0n) is 8.53. The van der Waals surface area contributed by atoms with Gasteiger partial charge in [-0.3, -0.25) is 4.90 Å². The van der Waals surface area contributed by atoms with Crippen molar-refractivity contribution in [2.24, 2.45) is 0 Å². The molecule has 3 rings (SSSR count). The second-order valence-electron chi connectivity index (χ2n) is 4.27. The zero-order valence-corrected chi connectivity index (χ0v) is 10.1. The van der Waals surface area contributed by atoms with E-state index in [2.05, 4.69) is 14.8 Å². The molecule has 0 N–H and O–H groups in total. The van der Waals surface area contributed by atoms with Crippen molar-refractivity contribution in [2.45, 2.75) is 19.0 Å². The fourth-order valence-electron chi connectivity index (χ4n) is 2.51. The van der Waals surface area contributed by atoms with Gasteiger partial charge in [0.1, 0.15) is 9.34 Å². The Balaban J connectivity index is 1.67. The summed E-state index contributed by atoms with van der Waals surface area (Å²) < 4.78 is 0.801. The first-order valence-corrected chi connectivity index (χ1v) is 6.57. The molecule has 2 aliphatic rings. The molecule has 3 heterocycles. The third-order valence-corrected chi connectivity index (χ3v) is 4.43. The average Bonchev–Trinajstić information content (AvgIpc) is 2.79. The second-order valence-corrected chi connectivity index (χ2v) is 6.02. The first-order chi connectivity index (χ1) is 7.31. The van der Waals surface area contributed by atoms with Crippen LogP contribution in [0.1, 0.15) is 11.4 Å². The third kappa shape index (κ3) is 2.04. The van der Waals surface area contributed by atoms with Crippen LogP contribution < -0.4 is 0 Å². The normalized spacial score (nSPS) is 31.0. The van der Waals surface area contributed by atoms with Crippen LogP contribution in [0, 0.1) is 0 Å². The lowest BCUT2D eigenvalue weighted by Gasteiger charge is -2.33. The maximum Gasteiger partial charge on any atom is 0.113 e. The van der Waals surface area contributed by atoms with Crippen LogP contribution in [0.5, 0.6) is 0 Å².